The van der Waals surface area contributed by atoms with Crippen molar-refractivity contribution in [1.82, 2.24) is 0 Å². The first-order valence-electron chi connectivity index (χ1n) is 3.31. The Balaban J connectivity index is 3.45. The highest BCUT2D eigenvalue weighted by atomic mass is 35.5. The summed E-state index contributed by atoms with van der Waals surface area (Å²) in [5.41, 5.74) is 0. The van der Waals surface area contributed by atoms with Crippen LogP contribution in [0.1, 0.15) is 19.3 Å². The van der Waals surface area contributed by atoms with Gasteiger partial charge in [-0.1, -0.05) is 0 Å². The van der Waals surface area contributed by atoms with E-state index in [4.69, 9.17) is 16.9 Å². The Bertz CT molecular complexity index is 164. The molecule has 0 aromatic heterocycles. The maximum absolute atomic E-state index is 10.7. The zero-order chi connectivity index (χ0) is 8.69. The van der Waals surface area contributed by atoms with Crippen LogP contribution < -0.4 is 0 Å². The highest BCUT2D eigenvalue weighted by molar-refractivity contribution is 6.29. The van der Waals surface area contributed by atoms with Gasteiger partial charge in [0.15, 0.2) is 0 Å². The molecule has 0 aliphatic carbocycles. The van der Waals surface area contributed by atoms with Gasteiger partial charge in [-0.05, 0) is 12.8 Å². The third-order valence-corrected chi connectivity index (χ3v) is 1.60. The third kappa shape index (κ3) is 4.63. The number of carbonyl (C=O) groups is 1. The number of alkyl halides is 1. The number of nitrogens with zero attached hydrogens (tertiary/aromatic N) is 1. The van der Waals surface area contributed by atoms with Crippen LogP contribution in [-0.4, -0.2) is 18.5 Å². The molecule has 0 aromatic carbocycles. The number of rotatable bonds is 4. The Hall–Kier alpha value is -0.750. The molecule has 0 saturated heterocycles. The molecule has 0 spiro atoms. The number of methoxy groups -OCH3 is 1. The van der Waals surface area contributed by atoms with Gasteiger partial charge in [0.25, 0.3) is 0 Å². The SMILES string of the molecule is COC(=O)C(Cl)CCCC#N. The van der Waals surface area contributed by atoms with E-state index < -0.39 is 11.3 Å². The average Bonchev–Trinajstić information content (AvgIpc) is 2.03. The Morgan fingerprint density at radius 3 is 2.91 bits per heavy atom. The van der Waals surface area contributed by atoms with Crippen LogP contribution in [0, 0.1) is 11.3 Å². The molecular weight excluding hydrogens is 166 g/mol. The summed E-state index contributed by atoms with van der Waals surface area (Å²) in [4.78, 5) is 10.7. The maximum atomic E-state index is 10.7. The van der Waals surface area contributed by atoms with E-state index >= 15 is 0 Å². The van der Waals surface area contributed by atoms with Crippen LogP contribution in [0.2, 0.25) is 0 Å². The second-order valence-corrected chi connectivity index (χ2v) is 2.57. The molecule has 0 amide bonds. The standard InChI is InChI=1S/C7H10ClNO2/c1-11-7(10)6(8)4-2-3-5-9/h6H,2-4H2,1H3. The number of carbonyl (C=O) groups excluding carboxylic acids is 1. The Morgan fingerprint density at radius 2 is 2.45 bits per heavy atom. The van der Waals surface area contributed by atoms with Crippen molar-refractivity contribution < 1.29 is 9.53 Å². The molecule has 4 heteroatoms. The van der Waals surface area contributed by atoms with E-state index in [1.807, 2.05) is 6.07 Å². The Morgan fingerprint density at radius 1 is 1.82 bits per heavy atom. The lowest BCUT2D eigenvalue weighted by molar-refractivity contribution is -0.140. The fraction of sp³-hybridized carbons (Fsp3) is 0.714. The van der Waals surface area contributed by atoms with Crippen LogP contribution in [0.4, 0.5) is 0 Å². The summed E-state index contributed by atoms with van der Waals surface area (Å²) >= 11 is 5.58. The second kappa shape index (κ2) is 5.99. The summed E-state index contributed by atoms with van der Waals surface area (Å²) in [6, 6.07) is 1.97. The topological polar surface area (TPSA) is 50.1 Å². The van der Waals surface area contributed by atoms with Gasteiger partial charge in [-0.15, -0.1) is 11.6 Å². The van der Waals surface area contributed by atoms with Crippen LogP contribution in [-0.2, 0) is 9.53 Å². The molecule has 62 valence electrons. The van der Waals surface area contributed by atoms with Gasteiger partial charge in [0.2, 0.25) is 0 Å². The Kier molecular flexibility index (Phi) is 5.58. The number of unbranched alkanes of at least 4 members (excludes halogenated alkanes) is 1. The molecule has 1 atom stereocenters. The van der Waals surface area contributed by atoms with Gasteiger partial charge in [-0.2, -0.15) is 5.26 Å². The van der Waals surface area contributed by atoms with Crippen molar-refractivity contribution in [1.29, 1.82) is 5.26 Å². The fourth-order valence-corrected chi connectivity index (χ4v) is 0.849. The lowest BCUT2D eigenvalue weighted by atomic mass is 10.2. The largest absolute Gasteiger partial charge is 0.468 e. The molecule has 0 fully saturated rings. The van der Waals surface area contributed by atoms with Crippen LogP contribution in [0.25, 0.3) is 0 Å². The van der Waals surface area contributed by atoms with E-state index in [1.54, 1.807) is 0 Å². The van der Waals surface area contributed by atoms with Crippen LogP contribution in [0.3, 0.4) is 0 Å². The normalized spacial score (nSPS) is 11.7. The first-order valence-corrected chi connectivity index (χ1v) is 3.75. The lowest BCUT2D eigenvalue weighted by Gasteiger charge is -2.03. The van der Waals surface area contributed by atoms with Crippen molar-refractivity contribution in [3.05, 3.63) is 0 Å². The zero-order valence-electron chi connectivity index (χ0n) is 6.34. The smallest absolute Gasteiger partial charge is 0.323 e. The molecular formula is C7H10ClNO2. The van der Waals surface area contributed by atoms with E-state index in [-0.39, 0.29) is 0 Å². The van der Waals surface area contributed by atoms with Crippen LogP contribution >= 0.6 is 11.6 Å². The molecule has 0 heterocycles. The van der Waals surface area contributed by atoms with E-state index in [0.717, 1.165) is 0 Å². The number of hydrogen-bond donors (Lipinski definition) is 0. The molecule has 0 rings (SSSR count). The molecule has 11 heavy (non-hydrogen) atoms. The third-order valence-electron chi connectivity index (χ3n) is 1.20. The predicted molar refractivity (Wildman–Crippen MR) is 41.1 cm³/mol. The molecule has 0 radical (unpaired) electrons. The maximum Gasteiger partial charge on any atom is 0.323 e. The van der Waals surface area contributed by atoms with E-state index in [0.29, 0.717) is 19.3 Å². The fourth-order valence-electron chi connectivity index (χ4n) is 0.606. The van der Waals surface area contributed by atoms with Crippen molar-refractivity contribution in [2.45, 2.75) is 24.6 Å². The molecule has 0 aromatic rings. The number of hydrogen-bond acceptors (Lipinski definition) is 3. The quantitative estimate of drug-likeness (QED) is 0.369. The Labute approximate surface area is 70.9 Å². The monoisotopic (exact) mass is 175 g/mol. The molecule has 0 saturated carbocycles. The van der Waals surface area contributed by atoms with Crippen molar-refractivity contribution >= 4 is 17.6 Å². The van der Waals surface area contributed by atoms with Gasteiger partial charge in [-0.25, -0.2) is 0 Å². The first kappa shape index (κ1) is 10.2. The summed E-state index contributed by atoms with van der Waals surface area (Å²) in [6.45, 7) is 0. The summed E-state index contributed by atoms with van der Waals surface area (Å²) in [5.74, 6) is -0.426. The number of nitriles is 1. The molecule has 1 unspecified atom stereocenters. The van der Waals surface area contributed by atoms with Gasteiger partial charge in [-0.3, -0.25) is 4.79 Å². The number of halogens is 1. The van der Waals surface area contributed by atoms with Crippen molar-refractivity contribution in [3.8, 4) is 6.07 Å². The molecule has 0 aliphatic rings. The second-order valence-electron chi connectivity index (χ2n) is 2.04. The van der Waals surface area contributed by atoms with Crippen molar-refractivity contribution in [3.63, 3.8) is 0 Å². The van der Waals surface area contributed by atoms with Crippen molar-refractivity contribution in [2.24, 2.45) is 0 Å². The highest BCUT2D eigenvalue weighted by Gasteiger charge is 2.14. The average molecular weight is 176 g/mol. The summed E-state index contributed by atoms with van der Waals surface area (Å²) in [7, 11) is 1.29. The zero-order valence-corrected chi connectivity index (χ0v) is 7.10. The molecule has 0 aliphatic heterocycles. The van der Waals surface area contributed by atoms with Crippen molar-refractivity contribution in [2.75, 3.05) is 7.11 Å². The molecule has 0 bridgehead atoms. The number of ether oxygens (including phenoxy) is 1. The van der Waals surface area contributed by atoms with Gasteiger partial charge < -0.3 is 4.74 Å². The number of esters is 1. The van der Waals surface area contributed by atoms with E-state index in [2.05, 4.69) is 4.74 Å². The lowest BCUT2D eigenvalue weighted by Crippen LogP contribution is -2.15. The minimum absolute atomic E-state index is 0.426. The van der Waals surface area contributed by atoms with E-state index in [9.17, 15) is 4.79 Å². The first-order chi connectivity index (χ1) is 5.22. The van der Waals surface area contributed by atoms with Crippen LogP contribution in [0.15, 0.2) is 0 Å². The summed E-state index contributed by atoms with van der Waals surface area (Å²) < 4.78 is 4.39. The molecule has 3 nitrogen and oxygen atoms in total. The minimum atomic E-state index is -0.603. The van der Waals surface area contributed by atoms with E-state index in [1.165, 1.54) is 7.11 Å². The van der Waals surface area contributed by atoms with Gasteiger partial charge in [0, 0.05) is 6.42 Å². The predicted octanol–water partition coefficient (Wildman–Crippen LogP) is 1.46. The minimum Gasteiger partial charge on any atom is -0.468 e. The van der Waals surface area contributed by atoms with Gasteiger partial charge in [0.05, 0.1) is 13.2 Å². The summed E-state index contributed by atoms with van der Waals surface area (Å²) in [6.07, 6.45) is 1.57. The molecule has 0 N–H and O–H groups in total. The summed E-state index contributed by atoms with van der Waals surface area (Å²) in [5, 5.41) is 7.56. The van der Waals surface area contributed by atoms with Gasteiger partial charge in [0.1, 0.15) is 5.38 Å². The van der Waals surface area contributed by atoms with Gasteiger partial charge >= 0.3 is 5.97 Å². The van der Waals surface area contributed by atoms with Crippen LogP contribution in [0.5, 0.6) is 0 Å². The highest BCUT2D eigenvalue weighted by Crippen LogP contribution is 2.08.